The molecule has 0 unspecified atom stereocenters. The summed E-state index contributed by atoms with van der Waals surface area (Å²) in [7, 11) is 1.39. The number of nitrogens with zero attached hydrogens (tertiary/aromatic N) is 5. The molecule has 0 fully saturated rings. The molecule has 0 spiro atoms. The fraction of sp³-hybridized carbons (Fsp3) is 0.179. The zero-order valence-electron chi connectivity index (χ0n) is 20.6. The summed E-state index contributed by atoms with van der Waals surface area (Å²) in [6, 6.07) is 15.0. The number of halogens is 3. The third kappa shape index (κ3) is 4.78. The Kier molecular flexibility index (Phi) is 6.95. The maximum Gasteiger partial charge on any atom is 0.343 e. The van der Waals surface area contributed by atoms with Crippen LogP contribution in [0, 0.1) is 33.1 Å². The van der Waals surface area contributed by atoms with Crippen molar-refractivity contribution in [2.75, 3.05) is 13.1 Å². The first kappa shape index (κ1) is 26.2. The Balaban J connectivity index is 1.63. The highest BCUT2D eigenvalue weighted by Gasteiger charge is 2.32. The van der Waals surface area contributed by atoms with E-state index in [9.17, 15) is 29.0 Å². The van der Waals surface area contributed by atoms with E-state index in [1.807, 2.05) is 6.07 Å². The lowest BCUT2D eigenvalue weighted by Gasteiger charge is -2.35. The average Bonchev–Trinajstić information content (AvgIpc) is 2.93. The Hall–Kier alpha value is -4.46. The van der Waals surface area contributed by atoms with Gasteiger partial charge in [-0.25, -0.2) is 13.8 Å². The summed E-state index contributed by atoms with van der Waals surface area (Å²) in [6.07, 6.45) is 2.10. The minimum Gasteiger partial charge on any atom is -0.304 e. The first-order valence-electron chi connectivity index (χ1n) is 11.9. The van der Waals surface area contributed by atoms with Crippen LogP contribution < -0.4 is 5.56 Å². The largest absolute Gasteiger partial charge is 0.343 e. The van der Waals surface area contributed by atoms with Crippen LogP contribution in [0.4, 0.5) is 14.5 Å². The first-order valence-corrected chi connectivity index (χ1v) is 12.3. The highest BCUT2D eigenvalue weighted by molar-refractivity contribution is 6.32. The molecule has 11 heteroatoms. The van der Waals surface area contributed by atoms with E-state index in [4.69, 9.17) is 11.6 Å². The Morgan fingerprint density at radius 1 is 1.10 bits per heavy atom. The van der Waals surface area contributed by atoms with Crippen molar-refractivity contribution in [1.82, 2.24) is 14.5 Å². The number of aryl methyl sites for hydroxylation is 1. The predicted octanol–water partition coefficient (Wildman–Crippen LogP) is 5.52. The molecule has 0 N–H and O–H groups in total. The lowest BCUT2D eigenvalue weighted by molar-refractivity contribution is -0.386. The quantitative estimate of drug-likeness (QED) is 0.240. The van der Waals surface area contributed by atoms with Gasteiger partial charge in [0.1, 0.15) is 23.2 Å². The number of rotatable bonds is 5. The van der Waals surface area contributed by atoms with E-state index in [0.717, 1.165) is 15.7 Å². The lowest BCUT2D eigenvalue weighted by atomic mass is 9.92. The molecule has 4 aromatic rings. The highest BCUT2D eigenvalue weighted by atomic mass is 35.5. The number of aromatic nitrogens is 2. The van der Waals surface area contributed by atoms with E-state index in [0.29, 0.717) is 25.1 Å². The van der Waals surface area contributed by atoms with Crippen LogP contribution in [0.25, 0.3) is 16.6 Å². The normalized spacial score (nSPS) is 13.9. The van der Waals surface area contributed by atoms with Crippen molar-refractivity contribution < 1.29 is 13.7 Å². The van der Waals surface area contributed by atoms with Gasteiger partial charge in [-0.15, -0.1) is 0 Å². The molecule has 39 heavy (non-hydrogen) atoms. The number of hydrogen-bond acceptors (Lipinski definition) is 6. The van der Waals surface area contributed by atoms with Crippen LogP contribution in [0.1, 0.15) is 34.8 Å². The van der Waals surface area contributed by atoms with Gasteiger partial charge in [-0.3, -0.25) is 19.8 Å². The smallest absolute Gasteiger partial charge is 0.304 e. The molecule has 0 bridgehead atoms. The second kappa shape index (κ2) is 10.4. The van der Waals surface area contributed by atoms with E-state index < -0.39 is 16.2 Å². The lowest BCUT2D eigenvalue weighted by Crippen LogP contribution is -2.34. The molecule has 5 rings (SSSR count). The summed E-state index contributed by atoms with van der Waals surface area (Å²) < 4.78 is 28.4. The number of fused-ring (bicyclic) bond motifs is 1. The van der Waals surface area contributed by atoms with Gasteiger partial charge in [0, 0.05) is 20.1 Å². The zero-order valence-corrected chi connectivity index (χ0v) is 21.3. The Bertz CT molecular complexity index is 1700. The van der Waals surface area contributed by atoms with Crippen LogP contribution in [-0.2, 0) is 7.05 Å². The van der Waals surface area contributed by atoms with Gasteiger partial charge in [0.15, 0.2) is 5.69 Å². The molecule has 0 saturated heterocycles. The van der Waals surface area contributed by atoms with Crippen LogP contribution >= 0.6 is 11.6 Å². The number of nitro groups is 1. The molecule has 8 nitrogen and oxygen atoms in total. The molecular weight excluding hydrogens is 528 g/mol. The summed E-state index contributed by atoms with van der Waals surface area (Å²) in [5.41, 5.74) is 1.04. The SMILES string of the molecule is Cn1c(=O)c([N+](=O)[O-])c(C2=CCN(C(c3ccc(F)cc3)c3ccc(F)cc3)CC2)c2nc(C#N)c(Cl)cc21. The fourth-order valence-electron chi connectivity index (χ4n) is 5.01. The third-order valence-electron chi connectivity index (χ3n) is 6.88. The molecule has 1 aliphatic heterocycles. The molecule has 0 amide bonds. The van der Waals surface area contributed by atoms with E-state index in [1.165, 1.54) is 37.4 Å². The number of nitriles is 1. The monoisotopic (exact) mass is 547 g/mol. The predicted molar refractivity (Wildman–Crippen MR) is 142 cm³/mol. The molecule has 1 aliphatic rings. The summed E-state index contributed by atoms with van der Waals surface area (Å²) in [5, 5.41) is 21.6. The van der Waals surface area contributed by atoms with E-state index in [-0.39, 0.29) is 45.0 Å². The van der Waals surface area contributed by atoms with Crippen molar-refractivity contribution in [3.05, 3.63) is 120 Å². The molecule has 3 heterocycles. The van der Waals surface area contributed by atoms with E-state index in [2.05, 4.69) is 9.88 Å². The molecule has 2 aromatic carbocycles. The Morgan fingerprint density at radius 3 is 2.18 bits per heavy atom. The van der Waals surface area contributed by atoms with Crippen LogP contribution in [0.5, 0.6) is 0 Å². The topological polar surface area (TPSA) is 105 Å². The molecule has 2 aromatic heterocycles. The van der Waals surface area contributed by atoms with Crippen LogP contribution in [-0.4, -0.2) is 32.5 Å². The minimum absolute atomic E-state index is 0.0324. The Labute approximate surface area is 226 Å². The third-order valence-corrected chi connectivity index (χ3v) is 7.17. The van der Waals surface area contributed by atoms with Crippen molar-refractivity contribution in [3.8, 4) is 6.07 Å². The van der Waals surface area contributed by atoms with E-state index >= 15 is 0 Å². The molecule has 0 atom stereocenters. The second-order valence-corrected chi connectivity index (χ2v) is 9.53. The van der Waals surface area contributed by atoms with Gasteiger partial charge in [-0.2, -0.15) is 5.26 Å². The molecule has 0 radical (unpaired) electrons. The number of hydrogen-bond donors (Lipinski definition) is 0. The van der Waals surface area contributed by atoms with Crippen molar-refractivity contribution in [2.45, 2.75) is 12.5 Å². The zero-order chi connectivity index (χ0) is 27.8. The van der Waals surface area contributed by atoms with Crippen molar-refractivity contribution in [3.63, 3.8) is 0 Å². The maximum absolute atomic E-state index is 13.7. The highest BCUT2D eigenvalue weighted by Crippen LogP contribution is 2.37. The maximum atomic E-state index is 13.7. The number of pyridine rings is 2. The van der Waals surface area contributed by atoms with Crippen molar-refractivity contribution in [2.24, 2.45) is 7.05 Å². The number of benzene rings is 2. The van der Waals surface area contributed by atoms with Gasteiger partial charge in [-0.05, 0) is 53.5 Å². The van der Waals surface area contributed by atoms with Crippen LogP contribution in [0.15, 0.2) is 65.5 Å². The average molecular weight is 548 g/mol. The van der Waals surface area contributed by atoms with Gasteiger partial charge in [0.2, 0.25) is 0 Å². The van der Waals surface area contributed by atoms with Gasteiger partial charge >= 0.3 is 11.2 Å². The van der Waals surface area contributed by atoms with Gasteiger partial charge in [0.05, 0.1) is 27.1 Å². The van der Waals surface area contributed by atoms with Crippen molar-refractivity contribution in [1.29, 1.82) is 5.26 Å². The van der Waals surface area contributed by atoms with Gasteiger partial charge < -0.3 is 4.57 Å². The molecule has 196 valence electrons. The minimum atomic E-state index is -0.816. The standard InChI is InChI=1S/C28H20ClF2N5O3/c1-34-23-14-21(29)22(15-32)33-25(23)24(27(28(34)37)36(38)39)16-10-12-35(13-11-16)26(17-2-6-19(30)7-3-17)18-4-8-20(31)9-5-18/h2-10,14,26H,11-13H2,1H3. The fourth-order valence-corrected chi connectivity index (χ4v) is 5.20. The Morgan fingerprint density at radius 2 is 1.69 bits per heavy atom. The summed E-state index contributed by atoms with van der Waals surface area (Å²) >= 11 is 6.16. The van der Waals surface area contributed by atoms with Crippen molar-refractivity contribution >= 4 is 33.9 Å². The second-order valence-electron chi connectivity index (χ2n) is 9.12. The van der Waals surface area contributed by atoms with Gasteiger partial charge in [0.25, 0.3) is 0 Å². The van der Waals surface area contributed by atoms with Crippen LogP contribution in [0.2, 0.25) is 5.02 Å². The molecule has 0 saturated carbocycles. The molecular formula is C28H20ClF2N5O3. The summed E-state index contributed by atoms with van der Waals surface area (Å²) in [4.78, 5) is 30.8. The first-order chi connectivity index (χ1) is 18.7. The summed E-state index contributed by atoms with van der Waals surface area (Å²) in [5.74, 6) is -0.766. The van der Waals surface area contributed by atoms with Gasteiger partial charge in [-0.1, -0.05) is 41.9 Å². The summed E-state index contributed by atoms with van der Waals surface area (Å²) in [6.45, 7) is 0.735. The molecule has 0 aliphatic carbocycles. The van der Waals surface area contributed by atoms with E-state index in [1.54, 1.807) is 30.3 Å². The van der Waals surface area contributed by atoms with Crippen LogP contribution in [0.3, 0.4) is 0 Å².